The Morgan fingerprint density at radius 3 is 2.30 bits per heavy atom. The number of nitrogens with two attached hydrogens (primary N) is 1. The molecule has 0 heterocycles. The topological polar surface area (TPSA) is 72.2 Å². The molecule has 1 aliphatic rings. The maximum atomic E-state index is 11.2. The Morgan fingerprint density at radius 2 is 1.75 bits per heavy atom. The fourth-order valence-electron chi connectivity index (χ4n) is 2.73. The Balaban J connectivity index is 1.77. The van der Waals surface area contributed by atoms with Crippen molar-refractivity contribution in [1.29, 1.82) is 0 Å². The number of sulfonamides is 1. The molecule has 1 aromatic rings. The highest BCUT2D eigenvalue weighted by atomic mass is 32.2. The molecule has 0 aliphatic heterocycles. The molecule has 5 heteroatoms. The van der Waals surface area contributed by atoms with Crippen molar-refractivity contribution in [2.24, 2.45) is 11.1 Å². The van der Waals surface area contributed by atoms with Crippen LogP contribution in [0.15, 0.2) is 29.2 Å². The first-order chi connectivity index (χ1) is 9.45. The summed E-state index contributed by atoms with van der Waals surface area (Å²) in [4.78, 5) is 0.176. The Hall–Kier alpha value is -0.910. The quantitative estimate of drug-likeness (QED) is 0.873. The molecular formula is C15H24N2O2S. The van der Waals surface area contributed by atoms with Crippen LogP contribution in [0.2, 0.25) is 0 Å². The highest BCUT2D eigenvalue weighted by molar-refractivity contribution is 7.89. The molecule has 0 atom stereocenters. The molecule has 1 saturated carbocycles. The second kappa shape index (κ2) is 6.70. The number of primary sulfonamides is 1. The van der Waals surface area contributed by atoms with Crippen LogP contribution in [0, 0.1) is 5.92 Å². The molecule has 0 spiro atoms. The van der Waals surface area contributed by atoms with Crippen molar-refractivity contribution in [2.45, 2.75) is 50.0 Å². The van der Waals surface area contributed by atoms with Gasteiger partial charge in [-0.05, 0) is 62.3 Å². The van der Waals surface area contributed by atoms with E-state index in [0.29, 0.717) is 6.04 Å². The molecule has 3 N–H and O–H groups in total. The van der Waals surface area contributed by atoms with Crippen LogP contribution in [0.3, 0.4) is 0 Å². The van der Waals surface area contributed by atoms with Gasteiger partial charge in [-0.15, -0.1) is 0 Å². The smallest absolute Gasteiger partial charge is 0.238 e. The second-order valence-corrected chi connectivity index (χ2v) is 7.41. The first-order valence-electron chi connectivity index (χ1n) is 7.30. The molecule has 1 aromatic carbocycles. The van der Waals surface area contributed by atoms with Crippen molar-refractivity contribution < 1.29 is 8.42 Å². The third-order valence-corrected chi connectivity index (χ3v) is 5.04. The van der Waals surface area contributed by atoms with Crippen LogP contribution in [0.4, 0.5) is 0 Å². The summed E-state index contributed by atoms with van der Waals surface area (Å²) in [5, 5.41) is 8.67. The Labute approximate surface area is 121 Å². The first kappa shape index (κ1) is 15.5. The minimum atomic E-state index is -3.58. The largest absolute Gasteiger partial charge is 0.314 e. The second-order valence-electron chi connectivity index (χ2n) is 5.85. The predicted molar refractivity (Wildman–Crippen MR) is 80.9 cm³/mol. The molecule has 0 amide bonds. The normalized spacial score (nSPS) is 23.7. The monoisotopic (exact) mass is 296 g/mol. The van der Waals surface area contributed by atoms with Gasteiger partial charge in [-0.2, -0.15) is 0 Å². The van der Waals surface area contributed by atoms with E-state index in [1.807, 2.05) is 12.1 Å². The van der Waals surface area contributed by atoms with Gasteiger partial charge in [0.05, 0.1) is 4.90 Å². The fourth-order valence-corrected chi connectivity index (χ4v) is 3.25. The average Bonchev–Trinajstić information content (AvgIpc) is 2.41. The molecule has 112 valence electrons. The molecule has 1 aliphatic carbocycles. The minimum Gasteiger partial charge on any atom is -0.314 e. The molecule has 0 radical (unpaired) electrons. The van der Waals surface area contributed by atoms with Crippen molar-refractivity contribution in [3.63, 3.8) is 0 Å². The average molecular weight is 296 g/mol. The van der Waals surface area contributed by atoms with Crippen LogP contribution in [0.1, 0.15) is 38.2 Å². The van der Waals surface area contributed by atoms with Crippen LogP contribution in [-0.4, -0.2) is 21.0 Å². The van der Waals surface area contributed by atoms with E-state index in [9.17, 15) is 8.42 Å². The number of rotatable bonds is 5. The highest BCUT2D eigenvalue weighted by Crippen LogP contribution is 2.23. The summed E-state index contributed by atoms with van der Waals surface area (Å²) in [6.45, 7) is 3.26. The predicted octanol–water partition coefficient (Wildman–Crippen LogP) is 2.04. The summed E-state index contributed by atoms with van der Waals surface area (Å²) in [5.74, 6) is 0.874. The van der Waals surface area contributed by atoms with E-state index in [-0.39, 0.29) is 4.90 Å². The van der Waals surface area contributed by atoms with Gasteiger partial charge in [-0.25, -0.2) is 13.6 Å². The Kier molecular flexibility index (Phi) is 5.18. The van der Waals surface area contributed by atoms with Crippen LogP contribution in [0.5, 0.6) is 0 Å². The van der Waals surface area contributed by atoms with Gasteiger partial charge in [0, 0.05) is 6.04 Å². The lowest BCUT2D eigenvalue weighted by Crippen LogP contribution is -2.34. The van der Waals surface area contributed by atoms with Crippen LogP contribution >= 0.6 is 0 Å². The van der Waals surface area contributed by atoms with Gasteiger partial charge in [-0.1, -0.05) is 19.1 Å². The summed E-state index contributed by atoms with van der Waals surface area (Å²) in [6, 6.07) is 7.48. The molecular weight excluding hydrogens is 272 g/mol. The fraction of sp³-hybridized carbons (Fsp3) is 0.600. The zero-order valence-electron chi connectivity index (χ0n) is 12.0. The van der Waals surface area contributed by atoms with Crippen molar-refractivity contribution in [2.75, 3.05) is 6.54 Å². The summed E-state index contributed by atoms with van der Waals surface area (Å²) in [6.07, 6.45) is 6.09. The van der Waals surface area contributed by atoms with Crippen LogP contribution in [0.25, 0.3) is 0 Å². The van der Waals surface area contributed by atoms with E-state index in [1.165, 1.54) is 25.7 Å². The number of benzene rings is 1. The summed E-state index contributed by atoms with van der Waals surface area (Å²) in [5.41, 5.74) is 1.13. The van der Waals surface area contributed by atoms with E-state index >= 15 is 0 Å². The molecule has 20 heavy (non-hydrogen) atoms. The van der Waals surface area contributed by atoms with Crippen LogP contribution in [-0.2, 0) is 16.4 Å². The number of nitrogens with one attached hydrogen (secondary N) is 1. The summed E-state index contributed by atoms with van der Waals surface area (Å²) >= 11 is 0. The summed E-state index contributed by atoms with van der Waals surface area (Å²) in [7, 11) is -3.58. The van der Waals surface area contributed by atoms with Gasteiger partial charge in [-0.3, -0.25) is 0 Å². The van der Waals surface area contributed by atoms with Crippen molar-refractivity contribution in [3.8, 4) is 0 Å². The zero-order valence-corrected chi connectivity index (χ0v) is 12.8. The maximum absolute atomic E-state index is 11.2. The van der Waals surface area contributed by atoms with Gasteiger partial charge in [0.25, 0.3) is 0 Å². The van der Waals surface area contributed by atoms with E-state index < -0.39 is 10.0 Å². The molecule has 0 unspecified atom stereocenters. The molecule has 4 nitrogen and oxygen atoms in total. The Morgan fingerprint density at radius 1 is 1.15 bits per heavy atom. The first-order valence-corrected chi connectivity index (χ1v) is 8.85. The lowest BCUT2D eigenvalue weighted by Gasteiger charge is -2.27. The van der Waals surface area contributed by atoms with Gasteiger partial charge in [0.15, 0.2) is 0 Å². The van der Waals surface area contributed by atoms with Crippen molar-refractivity contribution >= 4 is 10.0 Å². The van der Waals surface area contributed by atoms with Crippen molar-refractivity contribution in [1.82, 2.24) is 5.32 Å². The third kappa shape index (κ3) is 4.58. The van der Waals surface area contributed by atoms with Crippen LogP contribution < -0.4 is 10.5 Å². The van der Waals surface area contributed by atoms with E-state index in [0.717, 1.165) is 24.4 Å². The summed E-state index contributed by atoms with van der Waals surface area (Å²) < 4.78 is 22.3. The van der Waals surface area contributed by atoms with E-state index in [4.69, 9.17) is 5.14 Å². The van der Waals surface area contributed by atoms with Gasteiger partial charge < -0.3 is 5.32 Å². The lowest BCUT2D eigenvalue weighted by molar-refractivity contribution is 0.309. The number of hydrogen-bond donors (Lipinski definition) is 2. The molecule has 0 saturated heterocycles. The molecule has 1 fully saturated rings. The SMILES string of the molecule is CC1CCC(NCCc2ccc(S(N)(=O)=O)cc2)CC1. The van der Waals surface area contributed by atoms with Crippen molar-refractivity contribution in [3.05, 3.63) is 29.8 Å². The van der Waals surface area contributed by atoms with E-state index in [1.54, 1.807) is 12.1 Å². The molecule has 0 bridgehead atoms. The van der Waals surface area contributed by atoms with Gasteiger partial charge in [0.1, 0.15) is 0 Å². The maximum Gasteiger partial charge on any atom is 0.238 e. The highest BCUT2D eigenvalue weighted by Gasteiger charge is 2.17. The van der Waals surface area contributed by atoms with Gasteiger partial charge >= 0.3 is 0 Å². The van der Waals surface area contributed by atoms with Gasteiger partial charge in [0.2, 0.25) is 10.0 Å². The lowest BCUT2D eigenvalue weighted by atomic mass is 9.87. The Bertz CT molecular complexity index is 517. The van der Waals surface area contributed by atoms with E-state index in [2.05, 4.69) is 12.2 Å². The standard InChI is InChI=1S/C15H24N2O2S/c1-12-2-6-14(7-3-12)17-11-10-13-4-8-15(9-5-13)20(16,18)19/h4-5,8-9,12,14,17H,2-3,6-7,10-11H2,1H3,(H2,16,18,19). The molecule has 0 aromatic heterocycles. The minimum absolute atomic E-state index is 0.176. The number of hydrogen-bond acceptors (Lipinski definition) is 3. The molecule has 2 rings (SSSR count). The zero-order chi connectivity index (χ0) is 14.6. The third-order valence-electron chi connectivity index (χ3n) is 4.11.